The van der Waals surface area contributed by atoms with Gasteiger partial charge < -0.3 is 9.42 Å². The van der Waals surface area contributed by atoms with Crippen LogP contribution in [-0.2, 0) is 0 Å². The van der Waals surface area contributed by atoms with Crippen LogP contribution in [0.3, 0.4) is 0 Å². The summed E-state index contributed by atoms with van der Waals surface area (Å²) in [7, 11) is 1.63. The second-order valence-electron chi connectivity index (χ2n) is 2.77. The number of carbonyl (C=O) groups is 1. The highest BCUT2D eigenvalue weighted by molar-refractivity contribution is 14.1. The number of halogens is 1. The summed E-state index contributed by atoms with van der Waals surface area (Å²) in [5.74, 6) is 2.81. The van der Waals surface area contributed by atoms with Gasteiger partial charge in [0.15, 0.2) is 5.69 Å². The highest BCUT2D eigenvalue weighted by atomic mass is 127. The number of rotatable bonds is 2. The van der Waals surface area contributed by atoms with Crippen LogP contribution >= 0.6 is 22.6 Å². The van der Waals surface area contributed by atoms with Gasteiger partial charge in [0.1, 0.15) is 5.76 Å². The van der Waals surface area contributed by atoms with Gasteiger partial charge in [0.25, 0.3) is 5.91 Å². The third-order valence-corrected chi connectivity index (χ3v) is 2.94. The highest BCUT2D eigenvalue weighted by Crippen LogP contribution is 2.16. The number of amides is 1. The summed E-state index contributed by atoms with van der Waals surface area (Å²) < 4.78 is 5.62. The molecule has 74 valence electrons. The minimum Gasteiger partial charge on any atom is -0.360 e. The molecular formula is C9H9IN2O2. The predicted molar refractivity (Wildman–Crippen MR) is 59.8 cm³/mol. The van der Waals surface area contributed by atoms with E-state index in [-0.39, 0.29) is 12.5 Å². The largest absolute Gasteiger partial charge is 0.360 e. The minimum absolute atomic E-state index is 0.218. The average Bonchev–Trinajstić information content (AvgIpc) is 2.47. The van der Waals surface area contributed by atoms with Crippen LogP contribution in [0.2, 0.25) is 0 Å². The van der Waals surface area contributed by atoms with Crippen molar-refractivity contribution in [3.05, 3.63) is 15.0 Å². The van der Waals surface area contributed by atoms with Gasteiger partial charge in [-0.3, -0.25) is 4.79 Å². The zero-order valence-electron chi connectivity index (χ0n) is 7.87. The summed E-state index contributed by atoms with van der Waals surface area (Å²) in [6.45, 7) is 2.02. The third kappa shape index (κ3) is 2.07. The molecule has 0 bridgehead atoms. The molecule has 4 nitrogen and oxygen atoms in total. The normalized spacial score (nSPS) is 9.57. The molecule has 0 atom stereocenters. The van der Waals surface area contributed by atoms with Gasteiger partial charge in [-0.15, -0.1) is 6.42 Å². The maximum absolute atomic E-state index is 11.7. The van der Waals surface area contributed by atoms with Gasteiger partial charge in [0.05, 0.1) is 10.1 Å². The summed E-state index contributed by atoms with van der Waals surface area (Å²) in [5, 5.41) is 3.68. The van der Waals surface area contributed by atoms with Crippen molar-refractivity contribution in [3.8, 4) is 12.3 Å². The fraction of sp³-hybridized carbons (Fsp3) is 0.333. The fourth-order valence-electron chi connectivity index (χ4n) is 0.883. The van der Waals surface area contributed by atoms with Crippen molar-refractivity contribution < 1.29 is 9.32 Å². The van der Waals surface area contributed by atoms with Crippen LogP contribution in [0.1, 0.15) is 16.2 Å². The van der Waals surface area contributed by atoms with Crippen LogP contribution in [0.4, 0.5) is 0 Å². The Hall–Kier alpha value is -1.03. The molecule has 0 N–H and O–H groups in total. The quantitative estimate of drug-likeness (QED) is 0.611. The van der Waals surface area contributed by atoms with Crippen molar-refractivity contribution in [1.82, 2.24) is 10.1 Å². The zero-order valence-corrected chi connectivity index (χ0v) is 10.0. The Bertz CT molecular complexity index is 392. The van der Waals surface area contributed by atoms with Crippen LogP contribution in [0.5, 0.6) is 0 Å². The number of carbonyl (C=O) groups excluding carboxylic acids is 1. The Morgan fingerprint density at radius 1 is 1.79 bits per heavy atom. The molecule has 14 heavy (non-hydrogen) atoms. The molecule has 0 aliphatic heterocycles. The summed E-state index contributed by atoms with van der Waals surface area (Å²) in [6.07, 6.45) is 5.10. The van der Waals surface area contributed by atoms with Gasteiger partial charge in [-0.1, -0.05) is 11.1 Å². The monoisotopic (exact) mass is 304 g/mol. The van der Waals surface area contributed by atoms with Crippen LogP contribution in [0.15, 0.2) is 4.52 Å². The summed E-state index contributed by atoms with van der Waals surface area (Å²) >= 11 is 2.02. The van der Waals surface area contributed by atoms with E-state index in [9.17, 15) is 4.79 Å². The molecule has 0 saturated carbocycles. The molecule has 1 heterocycles. The maximum atomic E-state index is 11.7. The second-order valence-corrected chi connectivity index (χ2v) is 3.85. The Labute approximate surface area is 95.8 Å². The Morgan fingerprint density at radius 2 is 2.43 bits per heavy atom. The van der Waals surface area contributed by atoms with Gasteiger partial charge >= 0.3 is 0 Å². The van der Waals surface area contributed by atoms with Crippen LogP contribution in [0, 0.1) is 22.8 Å². The number of hydrogen-bond acceptors (Lipinski definition) is 3. The highest BCUT2D eigenvalue weighted by Gasteiger charge is 2.20. The molecule has 0 spiro atoms. The standard InChI is InChI=1S/C9H9IN2O2/c1-4-5-12(3)9(13)8-7(10)6(2)14-11-8/h1H,5H2,2-3H3. The van der Waals surface area contributed by atoms with Crippen molar-refractivity contribution in [2.45, 2.75) is 6.92 Å². The molecule has 1 aromatic rings. The van der Waals surface area contributed by atoms with E-state index in [1.165, 1.54) is 4.90 Å². The Morgan fingerprint density at radius 3 is 2.86 bits per heavy atom. The predicted octanol–water partition coefficient (Wildman–Crippen LogP) is 1.29. The van der Waals surface area contributed by atoms with E-state index in [0.717, 1.165) is 3.57 Å². The molecule has 0 aromatic carbocycles. The fourth-order valence-corrected chi connectivity index (χ4v) is 1.31. The van der Waals surface area contributed by atoms with Crippen LogP contribution in [-0.4, -0.2) is 29.6 Å². The lowest BCUT2D eigenvalue weighted by Crippen LogP contribution is -2.27. The van der Waals surface area contributed by atoms with Gasteiger partial charge in [-0.05, 0) is 29.5 Å². The molecule has 1 rings (SSSR count). The molecule has 0 aliphatic carbocycles. The van der Waals surface area contributed by atoms with Crippen molar-refractivity contribution in [2.75, 3.05) is 13.6 Å². The number of aryl methyl sites for hydroxylation is 1. The molecule has 0 saturated heterocycles. The molecule has 0 unspecified atom stereocenters. The van der Waals surface area contributed by atoms with Gasteiger partial charge in [0, 0.05) is 7.05 Å². The molecule has 0 radical (unpaired) electrons. The van der Waals surface area contributed by atoms with Gasteiger partial charge in [-0.2, -0.15) is 0 Å². The topological polar surface area (TPSA) is 46.3 Å². The van der Waals surface area contributed by atoms with E-state index >= 15 is 0 Å². The molecule has 5 heteroatoms. The molecule has 0 fully saturated rings. The molecular weight excluding hydrogens is 295 g/mol. The molecule has 0 aliphatic rings. The van der Waals surface area contributed by atoms with Crippen LogP contribution in [0.25, 0.3) is 0 Å². The lowest BCUT2D eigenvalue weighted by molar-refractivity contribution is 0.0801. The van der Waals surface area contributed by atoms with E-state index in [0.29, 0.717) is 11.5 Å². The first-order chi connectivity index (χ1) is 6.57. The first-order valence-corrected chi connectivity index (χ1v) is 4.96. The maximum Gasteiger partial charge on any atom is 0.277 e. The third-order valence-electron chi connectivity index (χ3n) is 1.67. The van der Waals surface area contributed by atoms with E-state index in [4.69, 9.17) is 10.9 Å². The van der Waals surface area contributed by atoms with Crippen molar-refractivity contribution >= 4 is 28.5 Å². The smallest absolute Gasteiger partial charge is 0.277 e. The van der Waals surface area contributed by atoms with Crippen molar-refractivity contribution in [2.24, 2.45) is 0 Å². The number of hydrogen-bond donors (Lipinski definition) is 0. The van der Waals surface area contributed by atoms with E-state index in [1.807, 2.05) is 22.6 Å². The summed E-state index contributed by atoms with van der Waals surface area (Å²) in [5.41, 5.74) is 0.320. The minimum atomic E-state index is -0.218. The van der Waals surface area contributed by atoms with E-state index < -0.39 is 0 Å². The Kier molecular flexibility index (Phi) is 3.52. The van der Waals surface area contributed by atoms with Gasteiger partial charge in [0.2, 0.25) is 0 Å². The summed E-state index contributed by atoms with van der Waals surface area (Å²) in [4.78, 5) is 13.1. The SMILES string of the molecule is C#CCN(C)C(=O)c1noc(C)c1I. The average molecular weight is 304 g/mol. The lowest BCUT2D eigenvalue weighted by Gasteiger charge is -2.11. The number of terminal acetylenes is 1. The van der Waals surface area contributed by atoms with E-state index in [2.05, 4.69) is 11.1 Å². The Balaban J connectivity index is 2.91. The first-order valence-electron chi connectivity index (χ1n) is 3.88. The first kappa shape index (κ1) is 11.0. The second kappa shape index (κ2) is 4.46. The van der Waals surface area contributed by atoms with Crippen molar-refractivity contribution in [1.29, 1.82) is 0 Å². The van der Waals surface area contributed by atoms with Crippen LogP contribution < -0.4 is 0 Å². The van der Waals surface area contributed by atoms with Gasteiger partial charge in [-0.25, -0.2) is 0 Å². The summed E-state index contributed by atoms with van der Waals surface area (Å²) in [6, 6.07) is 0. The number of nitrogens with zero attached hydrogens (tertiary/aromatic N) is 2. The van der Waals surface area contributed by atoms with Crippen molar-refractivity contribution in [3.63, 3.8) is 0 Å². The number of aromatic nitrogens is 1. The molecule has 1 amide bonds. The zero-order chi connectivity index (χ0) is 10.7. The molecule has 1 aromatic heterocycles. The lowest BCUT2D eigenvalue weighted by atomic mass is 10.3. The van der Waals surface area contributed by atoms with E-state index in [1.54, 1.807) is 14.0 Å².